The van der Waals surface area contributed by atoms with Gasteiger partial charge in [-0.05, 0) is 29.6 Å². The predicted octanol–water partition coefficient (Wildman–Crippen LogP) is 1.94. The fourth-order valence-corrected chi connectivity index (χ4v) is 3.57. The SMILES string of the molecule is COc1cccc(C(=O)NCCN2CCN(C(=O)c3ccsc3)CC2)c1. The van der Waals surface area contributed by atoms with E-state index in [1.54, 1.807) is 36.6 Å². The monoisotopic (exact) mass is 373 g/mol. The molecule has 1 aliphatic rings. The van der Waals surface area contributed by atoms with Crippen LogP contribution in [0.5, 0.6) is 5.75 Å². The summed E-state index contributed by atoms with van der Waals surface area (Å²) in [5.41, 5.74) is 1.37. The van der Waals surface area contributed by atoms with E-state index in [1.807, 2.05) is 27.8 Å². The molecule has 2 aromatic rings. The molecule has 7 heteroatoms. The number of methoxy groups -OCH3 is 1. The van der Waals surface area contributed by atoms with E-state index in [0.717, 1.165) is 38.3 Å². The van der Waals surface area contributed by atoms with Gasteiger partial charge in [0.15, 0.2) is 0 Å². The van der Waals surface area contributed by atoms with Crippen LogP contribution in [0.1, 0.15) is 20.7 Å². The summed E-state index contributed by atoms with van der Waals surface area (Å²) in [4.78, 5) is 28.7. The van der Waals surface area contributed by atoms with Crippen LogP contribution in [0, 0.1) is 0 Å². The number of hydrogen-bond acceptors (Lipinski definition) is 5. The number of hydrogen-bond donors (Lipinski definition) is 1. The number of ether oxygens (including phenoxy) is 1. The normalized spacial score (nSPS) is 14.9. The average Bonchev–Trinajstić information content (AvgIpc) is 3.23. The van der Waals surface area contributed by atoms with E-state index < -0.39 is 0 Å². The summed E-state index contributed by atoms with van der Waals surface area (Å²) in [6.45, 7) is 4.44. The van der Waals surface area contributed by atoms with Crippen LogP contribution in [0.3, 0.4) is 0 Å². The number of piperazine rings is 1. The summed E-state index contributed by atoms with van der Waals surface area (Å²) >= 11 is 1.54. The van der Waals surface area contributed by atoms with Crippen LogP contribution in [-0.2, 0) is 0 Å². The van der Waals surface area contributed by atoms with E-state index in [2.05, 4.69) is 10.2 Å². The van der Waals surface area contributed by atoms with Gasteiger partial charge in [-0.15, -0.1) is 0 Å². The van der Waals surface area contributed by atoms with Gasteiger partial charge in [0.05, 0.1) is 12.7 Å². The van der Waals surface area contributed by atoms with Crippen molar-refractivity contribution in [3.63, 3.8) is 0 Å². The van der Waals surface area contributed by atoms with E-state index in [9.17, 15) is 9.59 Å². The van der Waals surface area contributed by atoms with Gasteiger partial charge in [0.25, 0.3) is 11.8 Å². The molecule has 26 heavy (non-hydrogen) atoms. The van der Waals surface area contributed by atoms with Gasteiger partial charge in [-0.1, -0.05) is 6.07 Å². The van der Waals surface area contributed by atoms with Crippen LogP contribution >= 0.6 is 11.3 Å². The van der Waals surface area contributed by atoms with Crippen molar-refractivity contribution in [1.82, 2.24) is 15.1 Å². The average molecular weight is 373 g/mol. The number of nitrogens with one attached hydrogen (secondary N) is 1. The molecule has 1 aliphatic heterocycles. The van der Waals surface area contributed by atoms with Crippen molar-refractivity contribution in [2.45, 2.75) is 0 Å². The number of carbonyl (C=O) groups excluding carboxylic acids is 2. The van der Waals surface area contributed by atoms with Crippen molar-refractivity contribution < 1.29 is 14.3 Å². The second-order valence-corrected chi connectivity index (χ2v) is 6.91. The molecule has 1 saturated heterocycles. The molecule has 0 bridgehead atoms. The summed E-state index contributed by atoms with van der Waals surface area (Å²) in [6.07, 6.45) is 0. The zero-order valence-corrected chi connectivity index (χ0v) is 15.6. The molecule has 138 valence electrons. The summed E-state index contributed by atoms with van der Waals surface area (Å²) in [7, 11) is 1.58. The Bertz CT molecular complexity index is 740. The van der Waals surface area contributed by atoms with Crippen LogP contribution < -0.4 is 10.1 Å². The Hall–Kier alpha value is -2.38. The van der Waals surface area contributed by atoms with E-state index in [1.165, 1.54) is 0 Å². The van der Waals surface area contributed by atoms with Crippen molar-refractivity contribution in [2.24, 2.45) is 0 Å². The molecule has 1 aromatic heterocycles. The molecule has 1 aromatic carbocycles. The second-order valence-electron chi connectivity index (χ2n) is 6.13. The van der Waals surface area contributed by atoms with Gasteiger partial charge in [-0.3, -0.25) is 14.5 Å². The fourth-order valence-electron chi connectivity index (χ4n) is 2.94. The second kappa shape index (κ2) is 8.82. The third-order valence-corrected chi connectivity index (χ3v) is 5.16. The Labute approximate surface area is 157 Å². The minimum absolute atomic E-state index is 0.102. The van der Waals surface area contributed by atoms with Gasteiger partial charge in [-0.25, -0.2) is 0 Å². The minimum atomic E-state index is -0.102. The van der Waals surface area contributed by atoms with Gasteiger partial charge < -0.3 is 15.0 Å². The Morgan fingerprint density at radius 2 is 1.96 bits per heavy atom. The van der Waals surface area contributed by atoms with Crippen LogP contribution in [0.15, 0.2) is 41.1 Å². The topological polar surface area (TPSA) is 61.9 Å². The summed E-state index contributed by atoms with van der Waals surface area (Å²) < 4.78 is 5.14. The molecule has 0 unspecified atom stereocenters. The Morgan fingerprint density at radius 3 is 2.65 bits per heavy atom. The third kappa shape index (κ3) is 4.62. The minimum Gasteiger partial charge on any atom is -0.497 e. The summed E-state index contributed by atoms with van der Waals surface area (Å²) in [6, 6.07) is 8.98. The van der Waals surface area contributed by atoms with Gasteiger partial charge in [0.1, 0.15) is 5.75 Å². The molecule has 2 amide bonds. The number of thiophene rings is 1. The van der Waals surface area contributed by atoms with Gasteiger partial charge >= 0.3 is 0 Å². The van der Waals surface area contributed by atoms with Gasteiger partial charge in [-0.2, -0.15) is 11.3 Å². The van der Waals surface area contributed by atoms with Crippen LogP contribution in [0.25, 0.3) is 0 Å². The zero-order valence-electron chi connectivity index (χ0n) is 14.8. The van der Waals surface area contributed by atoms with Crippen LogP contribution in [0.4, 0.5) is 0 Å². The molecule has 0 spiro atoms. The molecule has 0 saturated carbocycles. The maximum Gasteiger partial charge on any atom is 0.254 e. The van der Waals surface area contributed by atoms with E-state index in [-0.39, 0.29) is 11.8 Å². The first-order valence-electron chi connectivity index (χ1n) is 8.63. The molecule has 6 nitrogen and oxygen atoms in total. The lowest BCUT2D eigenvalue weighted by molar-refractivity contribution is 0.0638. The first-order valence-corrected chi connectivity index (χ1v) is 9.58. The van der Waals surface area contributed by atoms with Gasteiger partial charge in [0, 0.05) is 50.2 Å². The van der Waals surface area contributed by atoms with Crippen LogP contribution in [-0.4, -0.2) is 68.0 Å². The van der Waals surface area contributed by atoms with Crippen molar-refractivity contribution >= 4 is 23.2 Å². The largest absolute Gasteiger partial charge is 0.497 e. The highest BCUT2D eigenvalue weighted by molar-refractivity contribution is 7.08. The number of amides is 2. The zero-order chi connectivity index (χ0) is 18.4. The molecule has 2 heterocycles. The molecule has 3 rings (SSSR count). The van der Waals surface area contributed by atoms with Crippen molar-refractivity contribution in [1.29, 1.82) is 0 Å². The predicted molar refractivity (Wildman–Crippen MR) is 102 cm³/mol. The molecule has 0 radical (unpaired) electrons. The highest BCUT2D eigenvalue weighted by Gasteiger charge is 2.22. The fraction of sp³-hybridized carbons (Fsp3) is 0.368. The quantitative estimate of drug-likeness (QED) is 0.841. The van der Waals surface area contributed by atoms with Crippen molar-refractivity contribution in [3.8, 4) is 5.75 Å². The van der Waals surface area contributed by atoms with E-state index in [4.69, 9.17) is 4.74 Å². The molecular formula is C19H23N3O3S. The Balaban J connectivity index is 1.40. The number of benzene rings is 1. The number of carbonyl (C=O) groups is 2. The van der Waals surface area contributed by atoms with Crippen molar-refractivity contribution in [2.75, 3.05) is 46.4 Å². The Morgan fingerprint density at radius 1 is 1.15 bits per heavy atom. The number of nitrogens with zero attached hydrogens (tertiary/aromatic N) is 2. The standard InChI is InChI=1S/C19H23N3O3S/c1-25-17-4-2-3-15(13-17)18(23)20-6-7-21-8-10-22(11-9-21)19(24)16-5-12-26-14-16/h2-5,12-14H,6-11H2,1H3,(H,20,23). The lowest BCUT2D eigenvalue weighted by Gasteiger charge is -2.34. The van der Waals surface area contributed by atoms with Gasteiger partial charge in [0.2, 0.25) is 0 Å². The third-order valence-electron chi connectivity index (χ3n) is 4.47. The molecular weight excluding hydrogens is 350 g/mol. The first kappa shape index (κ1) is 18.4. The van der Waals surface area contributed by atoms with E-state index >= 15 is 0 Å². The molecule has 1 fully saturated rings. The Kier molecular flexibility index (Phi) is 6.25. The summed E-state index contributed by atoms with van der Waals surface area (Å²) in [5.74, 6) is 0.677. The summed E-state index contributed by atoms with van der Waals surface area (Å²) in [5, 5.41) is 6.76. The number of rotatable bonds is 6. The highest BCUT2D eigenvalue weighted by Crippen LogP contribution is 2.13. The smallest absolute Gasteiger partial charge is 0.254 e. The lowest BCUT2D eigenvalue weighted by Crippen LogP contribution is -2.50. The maximum atomic E-state index is 12.3. The molecule has 0 aliphatic carbocycles. The first-order chi connectivity index (χ1) is 12.7. The molecule has 1 N–H and O–H groups in total. The highest BCUT2D eigenvalue weighted by atomic mass is 32.1. The van der Waals surface area contributed by atoms with Crippen molar-refractivity contribution in [3.05, 3.63) is 52.2 Å². The lowest BCUT2D eigenvalue weighted by atomic mass is 10.2. The van der Waals surface area contributed by atoms with E-state index in [0.29, 0.717) is 17.9 Å². The maximum absolute atomic E-state index is 12.3. The van der Waals surface area contributed by atoms with Crippen LogP contribution in [0.2, 0.25) is 0 Å². The molecule has 0 atom stereocenters.